The standard InChI is InChI=1S/C22H32FN2O8S2.C15H17FO8S2.C14H14O8S2.C11H23N3O3.K.H2O/c1-15(22(24)28)5-3-4-13-25-14-11-18(34(29)30)20(26)16-6-8-17(9-7-16)21(27)19(10-12-23)35(31,32)33-2;1-23-25(19,20)12(6-8-16)14(17)10-2-4-11(5-3-10)15(18)13-7-9-24-26(13,21)22;15-13(11-5-7-21-23(11,17)18)9-1-2-10(4-3-9)14(16)12-6-8-22-24(12,19)20;1-11(2,3)17-10(16)14-8(9(13)15)6-4-5-7-12;;/h6-9,15,18-19,25H,3-5,10-14H2,1-2H3,(H2,24,28);2-5,12-13H,6-9H2,1H3;1-4,11-12H,5-8H2;8H,4-7,12H2,1-3H3,(H2,13,15)(H,14,16);;1H2/q-1;;;;+1;/p-1. The zero-order valence-electron chi connectivity index (χ0n) is 58.1. The summed E-state index contributed by atoms with van der Waals surface area (Å²) in [5, 5.41) is -3.03. The minimum absolute atomic E-state index is 0. The van der Waals surface area contributed by atoms with Crippen LogP contribution in [0.5, 0.6) is 0 Å². The van der Waals surface area contributed by atoms with Gasteiger partial charge < -0.3 is 46.5 Å². The molecule has 0 spiro atoms. The van der Waals surface area contributed by atoms with Crippen molar-refractivity contribution < 1.29 is 185 Å². The molecule has 3 heterocycles. The summed E-state index contributed by atoms with van der Waals surface area (Å²) in [5.74, 6) is -5.44. The van der Waals surface area contributed by atoms with E-state index >= 15 is 0 Å². The average molecular weight is 1620 g/mol. The van der Waals surface area contributed by atoms with Crippen LogP contribution in [-0.4, -0.2) is 210 Å². The van der Waals surface area contributed by atoms with Crippen LogP contribution in [0.25, 0.3) is 0 Å². The predicted molar refractivity (Wildman–Crippen MR) is 365 cm³/mol. The van der Waals surface area contributed by atoms with E-state index in [0.29, 0.717) is 25.9 Å². The maximum absolute atomic E-state index is 12.8. The van der Waals surface area contributed by atoms with Crippen LogP contribution >= 0.6 is 0 Å². The van der Waals surface area contributed by atoms with Crippen molar-refractivity contribution in [3.05, 3.63) is 106 Å². The Morgan fingerprint density at radius 3 is 1.18 bits per heavy atom. The van der Waals surface area contributed by atoms with Crippen LogP contribution in [0.1, 0.15) is 167 Å². The maximum Gasteiger partial charge on any atom is 1.00 e. The summed E-state index contributed by atoms with van der Waals surface area (Å²) in [7, 11) is -21.3. The van der Waals surface area contributed by atoms with Crippen molar-refractivity contribution in [1.82, 2.24) is 10.6 Å². The van der Waals surface area contributed by atoms with Crippen LogP contribution in [0.3, 0.4) is 0 Å². The summed E-state index contributed by atoms with van der Waals surface area (Å²) in [6.07, 6.45) is 2.65. The first-order chi connectivity index (χ1) is 47.6. The van der Waals surface area contributed by atoms with Crippen molar-refractivity contribution in [3.8, 4) is 0 Å². The van der Waals surface area contributed by atoms with Crippen LogP contribution < -0.4 is 79.2 Å². The molecule has 0 saturated carbocycles. The minimum atomic E-state index is -4.31. The van der Waals surface area contributed by atoms with Crippen LogP contribution in [0, 0.1) is 5.92 Å². The maximum atomic E-state index is 12.8. The van der Waals surface area contributed by atoms with Gasteiger partial charge in [0, 0.05) is 57.4 Å². The average Bonchev–Trinajstić information content (AvgIpc) is 1.17. The molecule has 6 rings (SSSR count). The number of hydrogen-bond donors (Lipinski definition) is 5. The van der Waals surface area contributed by atoms with Gasteiger partial charge >= 0.3 is 57.5 Å². The molecule has 3 fully saturated rings. The molecule has 0 radical (unpaired) electrons. The van der Waals surface area contributed by atoms with Crippen LogP contribution in [0.2, 0.25) is 0 Å². The molecule has 9 N–H and O–H groups in total. The number of Topliss-reactive ketones (excluding diaryl/α,β-unsaturated/α-hetero) is 6. The first-order valence-electron chi connectivity index (χ1n) is 31.6. The van der Waals surface area contributed by atoms with E-state index in [9.17, 15) is 102 Å². The van der Waals surface area contributed by atoms with Gasteiger partial charge in [-0.2, -0.15) is 42.1 Å². The first-order valence-corrected chi connectivity index (χ1v) is 40.1. The number of amides is 3. The van der Waals surface area contributed by atoms with Gasteiger partial charge in [-0.25, -0.2) is 4.79 Å². The summed E-state index contributed by atoms with van der Waals surface area (Å²) < 4.78 is 193. The Morgan fingerprint density at radius 1 is 0.548 bits per heavy atom. The number of benzene rings is 3. The third-order valence-electron chi connectivity index (χ3n) is 15.5. The fourth-order valence-corrected chi connectivity index (χ4v) is 16.2. The molecule has 33 nitrogen and oxygen atoms in total. The van der Waals surface area contributed by atoms with E-state index in [-0.39, 0.29) is 154 Å². The van der Waals surface area contributed by atoms with Gasteiger partial charge in [-0.3, -0.25) is 68.1 Å². The quantitative estimate of drug-likeness (QED) is 0.0171. The number of nitrogens with two attached hydrogens (primary N) is 3. The van der Waals surface area contributed by atoms with Crippen LogP contribution in [0.15, 0.2) is 72.8 Å². The molecule has 0 aromatic heterocycles. The number of ether oxygens (including phenoxy) is 1. The Hall–Kier alpha value is -5.23. The second-order valence-corrected chi connectivity index (χ2v) is 34.2. The largest absolute Gasteiger partial charge is 1.00 e. The molecule has 8 atom stereocenters. The Balaban J connectivity index is 0.000000708. The van der Waals surface area contributed by atoms with E-state index in [0.717, 1.165) is 39.9 Å². The van der Waals surface area contributed by atoms with Gasteiger partial charge in [0.15, 0.2) is 60.9 Å². The molecule has 3 aliphatic heterocycles. The zero-order valence-corrected chi connectivity index (χ0v) is 66.1. The van der Waals surface area contributed by atoms with Crippen molar-refractivity contribution in [2.45, 2.75) is 148 Å². The van der Waals surface area contributed by atoms with Crippen molar-refractivity contribution in [3.63, 3.8) is 0 Å². The van der Waals surface area contributed by atoms with E-state index < -0.39 is 177 Å². The molecule has 42 heteroatoms. The number of nitrogens with one attached hydrogen (secondary N) is 2. The molecule has 3 aromatic carbocycles. The summed E-state index contributed by atoms with van der Waals surface area (Å²) in [6.45, 7) is 6.19. The Bertz CT molecular complexity index is 4010. The Labute approximate surface area is 647 Å². The second kappa shape index (κ2) is 44.9. The van der Waals surface area contributed by atoms with Crippen LogP contribution in [0.4, 0.5) is 13.6 Å². The number of ketones is 6. The molecule has 3 saturated heterocycles. The molecule has 0 aliphatic carbocycles. The number of alkyl carbamates (subject to hydrolysis) is 1. The summed E-state index contributed by atoms with van der Waals surface area (Å²) >= 11 is 0. The summed E-state index contributed by atoms with van der Waals surface area (Å²) in [5.41, 5.74) is 15.3. The molecular weight excluding hydrogens is 1530 g/mol. The summed E-state index contributed by atoms with van der Waals surface area (Å²) in [6, 6.07) is 14.2. The molecule has 104 heavy (non-hydrogen) atoms. The molecule has 3 aliphatic rings. The van der Waals surface area contributed by atoms with Crippen molar-refractivity contribution in [2.75, 3.05) is 67.0 Å². The fraction of sp³-hybridized carbons (Fsp3) is 0.565. The third-order valence-corrected chi connectivity index (χ3v) is 24.5. The Kier molecular flexibility index (Phi) is 41.8. The summed E-state index contributed by atoms with van der Waals surface area (Å²) in [4.78, 5) is 108. The molecule has 0 bridgehead atoms. The minimum Gasteiger partial charge on any atom is -0.870 e. The van der Waals surface area contributed by atoms with Crippen molar-refractivity contribution in [2.24, 2.45) is 23.1 Å². The zero-order chi connectivity index (χ0) is 77.1. The normalized spacial score (nSPS) is 18.5. The van der Waals surface area contributed by atoms with Gasteiger partial charge in [0.05, 0.1) is 47.4 Å². The van der Waals surface area contributed by atoms with E-state index in [1.165, 1.54) is 72.8 Å². The number of halogens is 2. The van der Waals surface area contributed by atoms with E-state index in [1.807, 2.05) is 0 Å². The van der Waals surface area contributed by atoms with E-state index in [4.69, 9.17) is 21.9 Å². The molecule has 3 amide bonds. The van der Waals surface area contributed by atoms with E-state index in [2.05, 4.69) is 31.5 Å². The van der Waals surface area contributed by atoms with Gasteiger partial charge in [-0.05, 0) is 98.2 Å². The van der Waals surface area contributed by atoms with Crippen LogP contribution in [-0.2, 0) is 105 Å². The SMILES string of the molecule is CC(C)(C)OC(=O)NC(CCCCN)C(N)=O.COS(=O)(=O)C(CCF)C(=O)c1ccc(C(=O)C(CCNCCCCC(C)C(N)=O)[S-](=O)=O)cc1.COS(=O)(=O)C(CCF)C(=O)c1ccc(C(=O)C2CCOS2(=O)=O)cc1.O=C(c1ccc(C(=O)C2CCOS2(=O)=O)cc1)C1CCOS1(=O)=O.[K+].[OH-]. The smallest absolute Gasteiger partial charge is 0.870 e. The van der Waals surface area contributed by atoms with Gasteiger partial charge in [0.25, 0.3) is 50.6 Å². The number of carbonyl (C=O) groups is 9. The number of unbranched alkanes of at least 4 members (excludes halogenated alkanes) is 2. The number of primary amides is 2. The number of hydrogen-bond acceptors (Lipinski definition) is 31. The first kappa shape index (κ1) is 96.8. The van der Waals surface area contributed by atoms with Gasteiger partial charge in [0.1, 0.15) is 11.6 Å². The third kappa shape index (κ3) is 30.1. The molecule has 8 unspecified atom stereocenters. The monoisotopic (exact) mass is 1620 g/mol. The number of carbonyl (C=O) groups excluding carboxylic acids is 9. The van der Waals surface area contributed by atoms with Crippen molar-refractivity contribution in [1.29, 1.82) is 0 Å². The molecule has 580 valence electrons. The molecule has 3 aromatic rings. The van der Waals surface area contributed by atoms with E-state index in [1.54, 1.807) is 27.7 Å². The topological polar surface area (TPSA) is 546 Å². The van der Waals surface area contributed by atoms with Gasteiger partial charge in [-0.1, -0.05) is 96.8 Å². The Morgan fingerprint density at radius 2 is 0.894 bits per heavy atom. The number of rotatable bonds is 36. The van der Waals surface area contributed by atoms with Gasteiger partial charge in [-0.15, -0.1) is 0 Å². The molecular formula is C62H87F2KN5O28S6-. The van der Waals surface area contributed by atoms with Crippen molar-refractivity contribution >= 4 is 114 Å². The fourth-order valence-electron chi connectivity index (χ4n) is 9.78. The second-order valence-electron chi connectivity index (χ2n) is 23.9. The number of alkyl halides is 2. The predicted octanol–water partition coefficient (Wildman–Crippen LogP) is 0.191. The van der Waals surface area contributed by atoms with Gasteiger partial charge in [0.2, 0.25) is 11.8 Å².